The second kappa shape index (κ2) is 8.11. The van der Waals surface area contributed by atoms with E-state index in [1.54, 1.807) is 0 Å². The fourth-order valence-corrected chi connectivity index (χ4v) is 4.25. The van der Waals surface area contributed by atoms with Gasteiger partial charge in [0.15, 0.2) is 0 Å². The van der Waals surface area contributed by atoms with Gasteiger partial charge in [0.1, 0.15) is 0 Å². The number of nitrogens with zero attached hydrogens (tertiary/aromatic N) is 1. The molecule has 3 aromatic carbocycles. The summed E-state index contributed by atoms with van der Waals surface area (Å²) in [6, 6.07) is 22.6. The number of pyridine rings is 1. The first-order valence-electron chi connectivity index (χ1n) is 10.3. The number of nitrogens with one attached hydrogen (secondary N) is 1. The van der Waals surface area contributed by atoms with Crippen molar-refractivity contribution in [2.45, 2.75) is 34.1 Å². The lowest BCUT2D eigenvalue weighted by Crippen LogP contribution is -2.18. The van der Waals surface area contributed by atoms with Gasteiger partial charge in [-0.3, -0.25) is 9.78 Å². The molecule has 0 atom stereocenters. The molecule has 3 nitrogen and oxygen atoms in total. The van der Waals surface area contributed by atoms with E-state index in [0.717, 1.165) is 50.1 Å². The fourth-order valence-electron chi connectivity index (χ4n) is 4.25. The van der Waals surface area contributed by atoms with Gasteiger partial charge >= 0.3 is 0 Å². The zero-order valence-electron chi connectivity index (χ0n) is 17.9. The van der Waals surface area contributed by atoms with E-state index in [2.05, 4.69) is 42.6 Å². The van der Waals surface area contributed by atoms with Gasteiger partial charge in [0.2, 0.25) is 5.91 Å². The Hall–Kier alpha value is -3.46. The molecule has 3 heteroatoms. The van der Waals surface area contributed by atoms with Gasteiger partial charge in [0.25, 0.3) is 0 Å². The number of hydrogen-bond donors (Lipinski definition) is 1. The summed E-state index contributed by atoms with van der Waals surface area (Å²) >= 11 is 0. The average molecular weight is 395 g/mol. The number of hydrogen-bond acceptors (Lipinski definition) is 2. The summed E-state index contributed by atoms with van der Waals surface area (Å²) in [5.41, 5.74) is 9.26. The lowest BCUT2D eigenvalue weighted by molar-refractivity contribution is -0.115. The molecule has 0 unspecified atom stereocenters. The van der Waals surface area contributed by atoms with E-state index in [4.69, 9.17) is 4.98 Å². The number of aryl methyl sites for hydroxylation is 4. The number of para-hydroxylation sites is 1. The monoisotopic (exact) mass is 394 g/mol. The molecule has 1 N–H and O–H groups in total. The number of benzene rings is 3. The molecule has 150 valence electrons. The van der Waals surface area contributed by atoms with Gasteiger partial charge < -0.3 is 5.32 Å². The van der Waals surface area contributed by atoms with Crippen molar-refractivity contribution in [3.05, 3.63) is 94.7 Å². The highest BCUT2D eigenvalue weighted by atomic mass is 16.1. The highest BCUT2D eigenvalue weighted by Crippen LogP contribution is 2.33. The Morgan fingerprint density at radius 3 is 2.20 bits per heavy atom. The van der Waals surface area contributed by atoms with Crippen LogP contribution >= 0.6 is 0 Å². The maximum absolute atomic E-state index is 13.1. The minimum absolute atomic E-state index is 0.0255. The largest absolute Gasteiger partial charge is 0.325 e. The van der Waals surface area contributed by atoms with E-state index in [0.29, 0.717) is 0 Å². The lowest BCUT2D eigenvalue weighted by atomic mass is 9.92. The SMILES string of the molecule is Cc1cc(C)c(NC(=O)Cc2c(C)nc3ccccc3c2-c2ccccc2)c(C)c1. The Morgan fingerprint density at radius 2 is 1.50 bits per heavy atom. The maximum atomic E-state index is 13.1. The number of amides is 1. The molecule has 1 aromatic heterocycles. The van der Waals surface area contributed by atoms with Crippen molar-refractivity contribution in [1.29, 1.82) is 0 Å². The Morgan fingerprint density at radius 1 is 0.867 bits per heavy atom. The van der Waals surface area contributed by atoms with Crippen LogP contribution in [0.4, 0.5) is 5.69 Å². The van der Waals surface area contributed by atoms with E-state index in [1.165, 1.54) is 5.56 Å². The Balaban J connectivity index is 1.78. The van der Waals surface area contributed by atoms with Gasteiger partial charge in [-0.25, -0.2) is 0 Å². The Kier molecular flexibility index (Phi) is 5.37. The minimum atomic E-state index is -0.0255. The molecule has 0 aliphatic rings. The summed E-state index contributed by atoms with van der Waals surface area (Å²) in [7, 11) is 0. The minimum Gasteiger partial charge on any atom is -0.325 e. The van der Waals surface area contributed by atoms with E-state index in [-0.39, 0.29) is 12.3 Å². The van der Waals surface area contributed by atoms with Crippen LogP contribution in [0.25, 0.3) is 22.0 Å². The summed E-state index contributed by atoms with van der Waals surface area (Å²) < 4.78 is 0. The topological polar surface area (TPSA) is 42.0 Å². The second-order valence-electron chi connectivity index (χ2n) is 7.93. The van der Waals surface area contributed by atoms with Crippen molar-refractivity contribution in [3.63, 3.8) is 0 Å². The van der Waals surface area contributed by atoms with Crippen LogP contribution in [0.15, 0.2) is 66.7 Å². The third kappa shape index (κ3) is 3.84. The van der Waals surface area contributed by atoms with E-state index >= 15 is 0 Å². The second-order valence-corrected chi connectivity index (χ2v) is 7.93. The summed E-state index contributed by atoms with van der Waals surface area (Å²) in [4.78, 5) is 17.9. The first kappa shape index (κ1) is 19.8. The van der Waals surface area contributed by atoms with Crippen LogP contribution < -0.4 is 5.32 Å². The number of carbonyl (C=O) groups excluding carboxylic acids is 1. The summed E-state index contributed by atoms with van der Waals surface area (Å²) in [6.45, 7) is 8.13. The van der Waals surface area contributed by atoms with Crippen LogP contribution in [0.5, 0.6) is 0 Å². The summed E-state index contributed by atoms with van der Waals surface area (Å²) in [5.74, 6) is -0.0255. The predicted octanol–water partition coefficient (Wildman–Crippen LogP) is 6.32. The molecule has 4 rings (SSSR count). The van der Waals surface area contributed by atoms with Gasteiger partial charge in [-0.05, 0) is 61.6 Å². The van der Waals surface area contributed by atoms with Crippen LogP contribution in [0, 0.1) is 27.7 Å². The van der Waals surface area contributed by atoms with Crippen molar-refractivity contribution in [2.24, 2.45) is 0 Å². The summed E-state index contributed by atoms with van der Waals surface area (Å²) in [6.07, 6.45) is 0.278. The zero-order valence-corrected chi connectivity index (χ0v) is 17.9. The van der Waals surface area contributed by atoms with Gasteiger partial charge in [-0.2, -0.15) is 0 Å². The number of aromatic nitrogens is 1. The Bertz CT molecular complexity index is 1220. The first-order chi connectivity index (χ1) is 14.4. The molecule has 0 aliphatic carbocycles. The van der Waals surface area contributed by atoms with Gasteiger partial charge in [0, 0.05) is 16.8 Å². The maximum Gasteiger partial charge on any atom is 0.228 e. The van der Waals surface area contributed by atoms with E-state index in [1.807, 2.05) is 57.2 Å². The average Bonchev–Trinajstić information content (AvgIpc) is 2.72. The number of fused-ring (bicyclic) bond motifs is 1. The van der Waals surface area contributed by atoms with Crippen LogP contribution in [0.2, 0.25) is 0 Å². The van der Waals surface area contributed by atoms with Crippen LogP contribution in [-0.2, 0) is 11.2 Å². The number of rotatable bonds is 4. The van der Waals surface area contributed by atoms with Crippen molar-refractivity contribution in [3.8, 4) is 11.1 Å². The quantitative estimate of drug-likeness (QED) is 0.440. The molecule has 4 aromatic rings. The normalized spacial score (nSPS) is 10.9. The zero-order chi connectivity index (χ0) is 21.3. The summed E-state index contributed by atoms with van der Waals surface area (Å²) in [5, 5.41) is 4.21. The van der Waals surface area contributed by atoms with Crippen molar-refractivity contribution in [1.82, 2.24) is 4.98 Å². The third-order valence-corrected chi connectivity index (χ3v) is 5.54. The van der Waals surface area contributed by atoms with Crippen molar-refractivity contribution >= 4 is 22.5 Å². The third-order valence-electron chi connectivity index (χ3n) is 5.54. The van der Waals surface area contributed by atoms with Gasteiger partial charge in [0.05, 0.1) is 11.9 Å². The Labute approximate surface area is 177 Å². The number of anilines is 1. The molecule has 1 heterocycles. The fraction of sp³-hybridized carbons (Fsp3) is 0.185. The smallest absolute Gasteiger partial charge is 0.228 e. The molecule has 0 fully saturated rings. The molecule has 0 aliphatic heterocycles. The van der Waals surface area contributed by atoms with Crippen molar-refractivity contribution in [2.75, 3.05) is 5.32 Å². The first-order valence-corrected chi connectivity index (χ1v) is 10.3. The van der Waals surface area contributed by atoms with E-state index in [9.17, 15) is 4.79 Å². The molecule has 0 saturated heterocycles. The van der Waals surface area contributed by atoms with Crippen molar-refractivity contribution < 1.29 is 4.79 Å². The van der Waals surface area contributed by atoms with E-state index < -0.39 is 0 Å². The molecule has 0 radical (unpaired) electrons. The van der Waals surface area contributed by atoms with Gasteiger partial charge in [-0.1, -0.05) is 66.2 Å². The van der Waals surface area contributed by atoms with Crippen LogP contribution in [0.1, 0.15) is 27.9 Å². The standard InChI is InChI=1S/C27H26N2O/c1-17-14-18(2)27(19(3)15-17)29-25(30)16-23-20(4)28-24-13-9-8-12-22(24)26(23)21-10-6-5-7-11-21/h5-15H,16H2,1-4H3,(H,29,30). The molecular weight excluding hydrogens is 368 g/mol. The van der Waals surface area contributed by atoms with Gasteiger partial charge in [-0.15, -0.1) is 0 Å². The lowest BCUT2D eigenvalue weighted by Gasteiger charge is -2.17. The predicted molar refractivity (Wildman–Crippen MR) is 125 cm³/mol. The molecule has 0 spiro atoms. The molecular formula is C27H26N2O. The highest BCUT2D eigenvalue weighted by Gasteiger charge is 2.18. The molecule has 0 bridgehead atoms. The molecule has 30 heavy (non-hydrogen) atoms. The number of carbonyl (C=O) groups is 1. The highest BCUT2D eigenvalue weighted by molar-refractivity contribution is 6.00. The van der Waals surface area contributed by atoms with Crippen LogP contribution in [-0.4, -0.2) is 10.9 Å². The van der Waals surface area contributed by atoms with Crippen LogP contribution in [0.3, 0.4) is 0 Å². The molecule has 0 saturated carbocycles. The molecule has 1 amide bonds.